The van der Waals surface area contributed by atoms with Gasteiger partial charge in [-0.2, -0.15) is 0 Å². The smallest absolute Gasteiger partial charge is 0.266 e. The molecule has 2 aromatic rings. The molecule has 0 bridgehead atoms. The van der Waals surface area contributed by atoms with Gasteiger partial charge >= 0.3 is 0 Å². The number of carbonyl (C=O) groups excluding carboxylic acids is 1. The van der Waals surface area contributed by atoms with Gasteiger partial charge in [-0.05, 0) is 60.5 Å². The van der Waals surface area contributed by atoms with Crippen LogP contribution in [0.25, 0.3) is 6.08 Å². The molecule has 0 aromatic heterocycles. The number of amides is 1. The highest BCUT2D eigenvalue weighted by Crippen LogP contribution is 2.36. The number of benzene rings is 2. The summed E-state index contributed by atoms with van der Waals surface area (Å²) in [6.07, 6.45) is 1.80. The van der Waals surface area contributed by atoms with Crippen molar-refractivity contribution >= 4 is 57.8 Å². The topological polar surface area (TPSA) is 32.7 Å². The normalized spacial score (nSPS) is 17.6. The van der Waals surface area contributed by atoms with E-state index in [9.17, 15) is 4.79 Å². The van der Waals surface area contributed by atoms with E-state index in [0.717, 1.165) is 11.3 Å². The number of halogens is 2. The summed E-state index contributed by atoms with van der Waals surface area (Å²) in [5.74, 6) is 0.279. The van der Waals surface area contributed by atoms with Crippen molar-refractivity contribution in [2.45, 2.75) is 20.8 Å². The molecule has 1 aliphatic rings. The van der Waals surface area contributed by atoms with E-state index in [1.807, 2.05) is 37.3 Å². The van der Waals surface area contributed by atoms with Crippen LogP contribution in [-0.4, -0.2) is 22.5 Å². The first-order valence-corrected chi connectivity index (χ1v) is 10.2. The Hall–Kier alpha value is -1.75. The van der Waals surface area contributed by atoms with Crippen molar-refractivity contribution in [1.29, 1.82) is 0 Å². The fourth-order valence-corrected chi connectivity index (χ4v) is 4.07. The van der Waals surface area contributed by atoms with Gasteiger partial charge < -0.3 is 0 Å². The van der Waals surface area contributed by atoms with Crippen LogP contribution in [0.4, 0.5) is 5.69 Å². The van der Waals surface area contributed by atoms with Crippen LogP contribution in [0.5, 0.6) is 0 Å². The maximum Gasteiger partial charge on any atom is 0.266 e. The van der Waals surface area contributed by atoms with Gasteiger partial charge in [0.1, 0.15) is 0 Å². The number of carbonyl (C=O) groups is 1. The van der Waals surface area contributed by atoms with Gasteiger partial charge in [0.2, 0.25) is 0 Å². The lowest BCUT2D eigenvalue weighted by molar-refractivity contribution is -0.122. The lowest BCUT2D eigenvalue weighted by Gasteiger charge is -2.17. The Morgan fingerprint density at radius 2 is 1.85 bits per heavy atom. The first-order chi connectivity index (χ1) is 12.8. The van der Waals surface area contributed by atoms with Crippen LogP contribution < -0.4 is 0 Å². The van der Waals surface area contributed by atoms with Crippen LogP contribution in [-0.2, 0) is 4.79 Å². The van der Waals surface area contributed by atoms with Gasteiger partial charge in [0, 0.05) is 16.6 Å². The SMILES string of the molecule is Cc1ccc(N=C2S/C(=C/c3ccc(Cl)cc3Cl)C(=O)N2CC(C)C)cc1. The quantitative estimate of drug-likeness (QED) is 0.526. The molecule has 27 heavy (non-hydrogen) atoms. The van der Waals surface area contributed by atoms with Crippen LogP contribution in [0.15, 0.2) is 52.4 Å². The summed E-state index contributed by atoms with van der Waals surface area (Å²) in [4.78, 5) is 20.0. The van der Waals surface area contributed by atoms with E-state index in [1.54, 1.807) is 23.1 Å². The number of nitrogens with zero attached hydrogens (tertiary/aromatic N) is 2. The average molecular weight is 419 g/mol. The van der Waals surface area contributed by atoms with E-state index in [2.05, 4.69) is 13.8 Å². The van der Waals surface area contributed by atoms with Gasteiger partial charge in [0.25, 0.3) is 5.91 Å². The fourth-order valence-electron chi connectivity index (χ4n) is 2.61. The summed E-state index contributed by atoms with van der Waals surface area (Å²) in [6, 6.07) is 13.2. The Kier molecular flexibility index (Phi) is 6.30. The maximum atomic E-state index is 13.0. The van der Waals surface area contributed by atoms with Crippen molar-refractivity contribution < 1.29 is 4.79 Å². The van der Waals surface area contributed by atoms with Crippen molar-refractivity contribution in [3.05, 3.63) is 68.5 Å². The first-order valence-electron chi connectivity index (χ1n) is 8.65. The monoisotopic (exact) mass is 418 g/mol. The molecule has 3 nitrogen and oxygen atoms in total. The van der Waals surface area contributed by atoms with Crippen molar-refractivity contribution in [3.8, 4) is 0 Å². The second kappa shape index (κ2) is 8.51. The Morgan fingerprint density at radius 1 is 1.15 bits per heavy atom. The third kappa shape index (κ3) is 4.95. The molecular weight excluding hydrogens is 399 g/mol. The highest BCUT2D eigenvalue weighted by molar-refractivity contribution is 8.18. The van der Waals surface area contributed by atoms with Crippen LogP contribution in [0.1, 0.15) is 25.0 Å². The molecule has 0 atom stereocenters. The molecule has 0 unspecified atom stereocenters. The first kappa shape index (κ1) is 20.0. The lowest BCUT2D eigenvalue weighted by Crippen LogP contribution is -2.32. The lowest BCUT2D eigenvalue weighted by atomic mass is 10.2. The summed E-state index contributed by atoms with van der Waals surface area (Å²) >= 11 is 13.6. The third-order valence-electron chi connectivity index (χ3n) is 3.94. The minimum Gasteiger partial charge on any atom is -0.286 e. The molecule has 1 fully saturated rings. The number of aryl methyl sites for hydroxylation is 1. The second-order valence-corrected chi connectivity index (χ2v) is 8.67. The predicted molar refractivity (Wildman–Crippen MR) is 117 cm³/mol. The minimum atomic E-state index is -0.0504. The van der Waals surface area contributed by atoms with Crippen LogP contribution >= 0.6 is 35.0 Å². The summed E-state index contributed by atoms with van der Waals surface area (Å²) in [7, 11) is 0. The Labute approximate surface area is 174 Å². The van der Waals surface area contributed by atoms with Crippen molar-refractivity contribution in [3.63, 3.8) is 0 Å². The molecule has 1 saturated heterocycles. The zero-order valence-electron chi connectivity index (χ0n) is 15.4. The predicted octanol–water partition coefficient (Wildman–Crippen LogP) is 6.56. The molecule has 2 aromatic carbocycles. The maximum absolute atomic E-state index is 13.0. The highest BCUT2D eigenvalue weighted by atomic mass is 35.5. The summed E-state index contributed by atoms with van der Waals surface area (Å²) in [5, 5.41) is 1.77. The van der Waals surface area contributed by atoms with Crippen molar-refractivity contribution in [2.24, 2.45) is 10.9 Å². The van der Waals surface area contributed by atoms with Gasteiger partial charge in [-0.25, -0.2) is 4.99 Å². The molecule has 0 radical (unpaired) electrons. The molecule has 140 valence electrons. The Morgan fingerprint density at radius 3 is 2.48 bits per heavy atom. The summed E-state index contributed by atoms with van der Waals surface area (Å²) in [6.45, 7) is 6.81. The van der Waals surface area contributed by atoms with E-state index in [1.165, 1.54) is 17.3 Å². The highest BCUT2D eigenvalue weighted by Gasteiger charge is 2.33. The van der Waals surface area contributed by atoms with Gasteiger partial charge in [-0.1, -0.05) is 60.8 Å². The molecule has 6 heteroatoms. The zero-order valence-corrected chi connectivity index (χ0v) is 17.7. The zero-order chi connectivity index (χ0) is 19.6. The van der Waals surface area contributed by atoms with E-state index in [0.29, 0.717) is 32.6 Å². The van der Waals surface area contributed by atoms with E-state index in [4.69, 9.17) is 28.2 Å². The number of aliphatic imine (C=N–C) groups is 1. The minimum absolute atomic E-state index is 0.0504. The van der Waals surface area contributed by atoms with Crippen molar-refractivity contribution in [1.82, 2.24) is 4.90 Å². The van der Waals surface area contributed by atoms with Crippen LogP contribution in [0.3, 0.4) is 0 Å². The standard InChI is InChI=1S/C21H20Cl2N2OS/c1-13(2)12-25-20(26)19(10-15-6-7-16(22)11-18(15)23)27-21(25)24-17-8-4-14(3)5-9-17/h4-11,13H,12H2,1-3H3/b19-10+,24-21?. The van der Waals surface area contributed by atoms with Gasteiger partial charge in [0.05, 0.1) is 10.6 Å². The Balaban J connectivity index is 1.97. The van der Waals surface area contributed by atoms with E-state index < -0.39 is 0 Å². The molecule has 1 heterocycles. The molecule has 0 aliphatic carbocycles. The Bertz CT molecular complexity index is 920. The van der Waals surface area contributed by atoms with Crippen LogP contribution in [0.2, 0.25) is 10.0 Å². The molecule has 0 N–H and O–H groups in total. The van der Waals surface area contributed by atoms with Crippen LogP contribution in [0, 0.1) is 12.8 Å². The van der Waals surface area contributed by atoms with Gasteiger partial charge in [-0.15, -0.1) is 0 Å². The molecule has 0 saturated carbocycles. The number of hydrogen-bond donors (Lipinski definition) is 0. The largest absolute Gasteiger partial charge is 0.286 e. The molecule has 3 rings (SSSR count). The second-order valence-electron chi connectivity index (χ2n) is 6.82. The average Bonchev–Trinajstić information content (AvgIpc) is 2.88. The molecule has 1 amide bonds. The van der Waals surface area contributed by atoms with E-state index in [-0.39, 0.29) is 5.91 Å². The molecule has 0 spiro atoms. The third-order valence-corrected chi connectivity index (χ3v) is 5.51. The summed E-state index contributed by atoms with van der Waals surface area (Å²) < 4.78 is 0. The van der Waals surface area contributed by atoms with Gasteiger partial charge in [-0.3, -0.25) is 9.69 Å². The molecule has 1 aliphatic heterocycles. The van der Waals surface area contributed by atoms with Gasteiger partial charge in [0.15, 0.2) is 5.17 Å². The fraction of sp³-hybridized carbons (Fsp3) is 0.238. The molecular formula is C21H20Cl2N2OS. The number of thioether (sulfide) groups is 1. The van der Waals surface area contributed by atoms with Crippen molar-refractivity contribution in [2.75, 3.05) is 6.54 Å². The summed E-state index contributed by atoms with van der Waals surface area (Å²) in [5.41, 5.74) is 2.76. The number of rotatable bonds is 4. The van der Waals surface area contributed by atoms with E-state index >= 15 is 0 Å². The number of amidine groups is 1. The number of hydrogen-bond acceptors (Lipinski definition) is 3.